The van der Waals surface area contributed by atoms with Crippen LogP contribution in [0.2, 0.25) is 0 Å². The minimum Gasteiger partial charge on any atom is -0.481 e. The third-order valence-electron chi connectivity index (χ3n) is 19.3. The number of nitrogens with two attached hydrogens (primary N) is 1. The topological polar surface area (TPSA) is 594 Å². The second-order valence-corrected chi connectivity index (χ2v) is 29.2. The van der Waals surface area contributed by atoms with E-state index in [2.05, 4.69) is 89.1 Å². The van der Waals surface area contributed by atoms with E-state index in [1.54, 1.807) is 146 Å². The Hall–Kier alpha value is -12.5. The van der Waals surface area contributed by atoms with E-state index in [4.69, 9.17) is 10.8 Å². The summed E-state index contributed by atoms with van der Waals surface area (Å²) in [5.41, 5.74) is 8.08. The molecule has 2 heterocycles. The largest absolute Gasteiger partial charge is 0.481 e. The molecule has 5 aromatic rings. The first-order chi connectivity index (χ1) is 55.5. The van der Waals surface area contributed by atoms with E-state index >= 15 is 0 Å². The third-order valence-corrected chi connectivity index (χ3v) is 19.3. The Morgan fingerprint density at radius 3 is 1.02 bits per heavy atom. The number of aromatic nitrogens is 4. The van der Waals surface area contributed by atoms with E-state index < -0.39 is 236 Å². The summed E-state index contributed by atoms with van der Waals surface area (Å²) in [6.45, 7) is 13.1. The first-order valence-corrected chi connectivity index (χ1v) is 38.5. The first kappa shape index (κ1) is 95.1. The average Bonchev–Trinajstić information content (AvgIpc) is 1.66. The molecule has 0 saturated heterocycles. The lowest BCUT2D eigenvalue weighted by Gasteiger charge is -2.32. The molecule has 636 valence electrons. The highest BCUT2D eigenvalue weighted by molar-refractivity contribution is 6.00. The second-order valence-electron chi connectivity index (χ2n) is 29.2. The molecule has 38 nitrogen and oxygen atoms in total. The summed E-state index contributed by atoms with van der Waals surface area (Å²) >= 11 is 0. The number of aliphatic hydroxyl groups excluding tert-OH is 1. The number of aliphatic carboxylic acids is 3. The number of aromatic amines is 2. The van der Waals surface area contributed by atoms with Gasteiger partial charge in [-0.2, -0.15) is 0 Å². The predicted molar refractivity (Wildman–Crippen MR) is 422 cm³/mol. The van der Waals surface area contributed by atoms with Gasteiger partial charge in [-0.05, 0) is 60.1 Å². The monoisotopic (exact) mass is 1630 g/mol. The van der Waals surface area contributed by atoms with Crippen molar-refractivity contribution in [3.8, 4) is 0 Å². The quantitative estimate of drug-likeness (QED) is 0.0203. The van der Waals surface area contributed by atoms with Crippen molar-refractivity contribution >= 4 is 94.7 Å². The smallest absolute Gasteiger partial charge is 0.326 e. The predicted octanol–water partition coefficient (Wildman–Crippen LogP) is -1.86. The standard InChI is InChI=1S/C79H110N18O20/c1-10-44(7)65(95-75(112)63(42(3)4)93-73(110)56(33-49-25-19-14-20-26-49)90-72(109)58(35-51-38-82-41-85-51)92-69(106)54(86-59(99)36-80)31-47-21-15-12-16-22-47)77(114)94-64(43(5)6)76(113)96-66(45(8)11-2)78(115)97-67(46(9)98)74(111)83-39-60(100)87-55(32-48-23-17-13-18-24-48)70(107)91-57(34-50-37-81-40-84-50)71(108)88-52(27-29-61(101)102)68(105)89-53(79(116)117)28-30-62(103)104/h12-26,37-38,40-46,52-58,63-67,98H,10-11,27-36,39,80H2,1-9H3,(H,81,84)(H,82,85)(H,83,111)(H,86,99)(H,87,100)(H,88,108)(H,89,105)(H,90,109)(H,91,107)(H,92,106)(H,93,110)(H,94,114)(H,95,112)(H,96,113)(H,97,115)(H,101,102)(H,103,104)(H,116,117)/t44-,45-,46+,52-,53-,54-,55-,56-,57-,58-,63-,64-,65-,66-,67-/m0/s1. The third kappa shape index (κ3) is 32.0. The fourth-order valence-electron chi connectivity index (χ4n) is 12.1. The maximum atomic E-state index is 14.8. The number of benzene rings is 3. The van der Waals surface area contributed by atoms with Crippen molar-refractivity contribution in [3.05, 3.63) is 144 Å². The molecule has 3 aromatic carbocycles. The highest BCUT2D eigenvalue weighted by Crippen LogP contribution is 2.18. The van der Waals surface area contributed by atoms with Crippen molar-refractivity contribution in [2.24, 2.45) is 29.4 Å². The summed E-state index contributed by atoms with van der Waals surface area (Å²) in [6, 6.07) is 7.63. The van der Waals surface area contributed by atoms with Crippen LogP contribution in [-0.2, 0) is 109 Å². The number of carbonyl (C=O) groups is 16. The zero-order valence-corrected chi connectivity index (χ0v) is 66.8. The molecular formula is C79H110N18O20. The van der Waals surface area contributed by atoms with Crippen LogP contribution in [-0.4, -0.2) is 227 Å². The molecule has 13 amide bonds. The summed E-state index contributed by atoms with van der Waals surface area (Å²) in [4.78, 5) is 233. The molecule has 0 bridgehead atoms. The zero-order valence-electron chi connectivity index (χ0n) is 66.8. The fourth-order valence-corrected chi connectivity index (χ4v) is 12.1. The van der Waals surface area contributed by atoms with Crippen LogP contribution >= 0.6 is 0 Å². The van der Waals surface area contributed by atoms with Gasteiger partial charge in [0.1, 0.15) is 72.5 Å². The van der Waals surface area contributed by atoms with Gasteiger partial charge >= 0.3 is 17.9 Å². The number of nitrogens with one attached hydrogen (secondary N) is 15. The van der Waals surface area contributed by atoms with Gasteiger partial charge in [-0.3, -0.25) is 71.9 Å². The maximum Gasteiger partial charge on any atom is 0.326 e. The lowest BCUT2D eigenvalue weighted by atomic mass is 9.94. The van der Waals surface area contributed by atoms with E-state index in [0.29, 0.717) is 28.8 Å². The molecule has 117 heavy (non-hydrogen) atoms. The van der Waals surface area contributed by atoms with Gasteiger partial charge in [0, 0.05) is 68.7 Å². The van der Waals surface area contributed by atoms with Gasteiger partial charge < -0.3 is 105 Å². The normalized spacial score (nSPS) is 15.0. The number of carboxylic acid groups (broad SMARTS) is 3. The molecule has 0 aliphatic carbocycles. The van der Waals surface area contributed by atoms with Gasteiger partial charge in [0.2, 0.25) is 76.8 Å². The van der Waals surface area contributed by atoms with Gasteiger partial charge in [0.25, 0.3) is 0 Å². The molecule has 5 rings (SSSR count). The van der Waals surface area contributed by atoms with Crippen LogP contribution in [0.5, 0.6) is 0 Å². The van der Waals surface area contributed by atoms with Gasteiger partial charge in [-0.1, -0.05) is 159 Å². The Bertz CT molecular complexity index is 4140. The molecule has 38 heteroatoms. The number of amides is 13. The first-order valence-electron chi connectivity index (χ1n) is 38.5. The summed E-state index contributed by atoms with van der Waals surface area (Å²) in [5.74, 6) is -19.0. The van der Waals surface area contributed by atoms with Crippen LogP contribution in [0.1, 0.15) is 129 Å². The minimum atomic E-state index is -1.80. The Kier molecular flexibility index (Phi) is 39.0. The maximum absolute atomic E-state index is 14.8. The van der Waals surface area contributed by atoms with Crippen LogP contribution in [0.25, 0.3) is 0 Å². The van der Waals surface area contributed by atoms with Crippen molar-refractivity contribution in [2.75, 3.05) is 13.1 Å². The summed E-state index contributed by atoms with van der Waals surface area (Å²) in [7, 11) is 0. The zero-order chi connectivity index (χ0) is 86.6. The van der Waals surface area contributed by atoms with Crippen LogP contribution in [0, 0.1) is 23.7 Å². The van der Waals surface area contributed by atoms with E-state index in [1.807, 2.05) is 0 Å². The van der Waals surface area contributed by atoms with E-state index in [9.17, 15) is 92.0 Å². The van der Waals surface area contributed by atoms with Crippen LogP contribution in [0.3, 0.4) is 0 Å². The van der Waals surface area contributed by atoms with Crippen molar-refractivity contribution in [1.82, 2.24) is 89.1 Å². The van der Waals surface area contributed by atoms with Crippen LogP contribution in [0.15, 0.2) is 116 Å². The van der Waals surface area contributed by atoms with Crippen molar-refractivity contribution in [2.45, 2.75) is 212 Å². The lowest BCUT2D eigenvalue weighted by Crippen LogP contribution is -2.63. The Morgan fingerprint density at radius 1 is 0.368 bits per heavy atom. The van der Waals surface area contributed by atoms with Crippen molar-refractivity contribution < 1.29 is 97.1 Å². The summed E-state index contributed by atoms with van der Waals surface area (Å²) < 4.78 is 0. The highest BCUT2D eigenvalue weighted by Gasteiger charge is 2.40. The van der Waals surface area contributed by atoms with Crippen LogP contribution in [0.4, 0.5) is 0 Å². The van der Waals surface area contributed by atoms with Gasteiger partial charge in [0.15, 0.2) is 0 Å². The minimum absolute atomic E-state index is 0.0300. The van der Waals surface area contributed by atoms with Crippen molar-refractivity contribution in [1.29, 1.82) is 0 Å². The molecule has 0 spiro atoms. The molecule has 0 aliphatic heterocycles. The SMILES string of the molecule is CC[C@H](C)[C@H](NC(=O)[C@@H](NC(=O)[C@H](Cc1ccccc1)NC(=O)[C@H](Cc1cnc[nH]1)NC(=O)[C@H](Cc1ccccc1)NC(=O)CN)C(C)C)C(=O)N[C@H](C(=O)N[C@H](C(=O)N[C@H](C(=O)NCC(=O)N[C@@H](Cc1ccccc1)C(=O)N[C@@H](Cc1cnc[nH]1)C(=O)N[C@@H](CCC(=O)O)C(=O)N[C@@H](CCC(=O)O)C(=O)O)[C@@H](C)O)[C@@H](C)CC)C(C)C. The number of hydrogen-bond donors (Lipinski definition) is 20. The highest BCUT2D eigenvalue weighted by atomic mass is 16.4. The van der Waals surface area contributed by atoms with Crippen LogP contribution < -0.4 is 74.9 Å². The summed E-state index contributed by atoms with van der Waals surface area (Å²) in [6.07, 6.45) is 0.897. The molecule has 21 N–H and O–H groups in total. The van der Waals surface area contributed by atoms with Crippen molar-refractivity contribution in [3.63, 3.8) is 0 Å². The molecule has 15 atom stereocenters. The lowest BCUT2D eigenvalue weighted by molar-refractivity contribution is -0.144. The number of aliphatic hydroxyl groups is 1. The molecule has 0 aliphatic rings. The average molecular weight is 1630 g/mol. The molecule has 0 fully saturated rings. The van der Waals surface area contributed by atoms with Gasteiger partial charge in [-0.25, -0.2) is 14.8 Å². The molecule has 0 saturated carbocycles. The Balaban J connectivity index is 1.30. The Labute approximate surface area is 676 Å². The number of nitrogens with zero attached hydrogens (tertiary/aromatic N) is 2. The molecule has 0 radical (unpaired) electrons. The molecule has 2 aromatic heterocycles. The fraction of sp³-hybridized carbons (Fsp3) is 0.494. The van der Waals surface area contributed by atoms with E-state index in [1.165, 1.54) is 25.0 Å². The van der Waals surface area contributed by atoms with E-state index in [-0.39, 0.29) is 44.2 Å². The number of imidazole rings is 2. The number of hydrogen-bond acceptors (Lipinski definition) is 20. The number of carbonyl (C=O) groups excluding carboxylic acids is 13. The number of H-pyrrole nitrogens is 2. The van der Waals surface area contributed by atoms with Gasteiger partial charge in [0.05, 0.1) is 31.8 Å². The number of carboxylic acids is 3. The second kappa shape index (κ2) is 48.0. The molecular weight excluding hydrogens is 1520 g/mol. The van der Waals surface area contributed by atoms with E-state index in [0.717, 1.165) is 6.92 Å². The molecule has 0 unspecified atom stereocenters. The summed E-state index contributed by atoms with van der Waals surface area (Å²) in [5, 5.41) is 72.8. The number of rotatable bonds is 50. The Morgan fingerprint density at radius 2 is 0.675 bits per heavy atom. The van der Waals surface area contributed by atoms with Gasteiger partial charge in [-0.15, -0.1) is 0 Å².